The van der Waals surface area contributed by atoms with Crippen molar-refractivity contribution in [2.75, 3.05) is 5.32 Å². The Bertz CT molecular complexity index is 1200. The van der Waals surface area contributed by atoms with Crippen LogP contribution in [0.2, 0.25) is 5.02 Å². The van der Waals surface area contributed by atoms with Gasteiger partial charge in [0, 0.05) is 10.7 Å². The molecule has 0 aliphatic carbocycles. The fraction of sp³-hybridized carbons (Fsp3) is 0.130. The van der Waals surface area contributed by atoms with Crippen molar-refractivity contribution >= 4 is 41.0 Å². The van der Waals surface area contributed by atoms with Crippen LogP contribution in [0.15, 0.2) is 65.3 Å². The lowest BCUT2D eigenvalue weighted by Crippen LogP contribution is -2.30. The van der Waals surface area contributed by atoms with Gasteiger partial charge in [-0.05, 0) is 61.5 Å². The van der Waals surface area contributed by atoms with Crippen molar-refractivity contribution in [3.63, 3.8) is 0 Å². The Morgan fingerprint density at radius 3 is 2.47 bits per heavy atom. The summed E-state index contributed by atoms with van der Waals surface area (Å²) < 4.78 is 10.4. The number of amides is 3. The van der Waals surface area contributed by atoms with E-state index >= 15 is 0 Å². The van der Waals surface area contributed by atoms with E-state index in [-0.39, 0.29) is 23.2 Å². The Balaban J connectivity index is 1.44. The molecule has 3 amide bonds. The van der Waals surface area contributed by atoms with Crippen LogP contribution in [-0.4, -0.2) is 34.7 Å². The second-order valence-corrected chi connectivity index (χ2v) is 7.52. The van der Waals surface area contributed by atoms with Crippen LogP contribution < -0.4 is 5.32 Å². The van der Waals surface area contributed by atoms with E-state index in [4.69, 9.17) is 20.8 Å². The molecule has 1 unspecified atom stereocenters. The predicted octanol–water partition coefficient (Wildman–Crippen LogP) is 3.91. The van der Waals surface area contributed by atoms with E-state index in [9.17, 15) is 19.2 Å². The number of carbonyl (C=O) groups is 4. The Labute approximate surface area is 187 Å². The molecule has 0 radical (unpaired) electrons. The Hall–Kier alpha value is -3.91. The molecule has 0 saturated carbocycles. The maximum Gasteiger partial charge on any atom is 0.338 e. The predicted molar refractivity (Wildman–Crippen MR) is 114 cm³/mol. The summed E-state index contributed by atoms with van der Waals surface area (Å²) in [6, 6.07) is 13.9. The molecule has 1 aliphatic heterocycles. The third-order valence-corrected chi connectivity index (χ3v) is 5.12. The Morgan fingerprint density at radius 1 is 1.06 bits per heavy atom. The molecule has 1 aromatic heterocycles. The van der Waals surface area contributed by atoms with Crippen LogP contribution in [0.25, 0.3) is 0 Å². The van der Waals surface area contributed by atoms with Gasteiger partial charge in [0.2, 0.25) is 0 Å². The van der Waals surface area contributed by atoms with Crippen LogP contribution in [0, 0.1) is 0 Å². The smallest absolute Gasteiger partial charge is 0.338 e. The van der Waals surface area contributed by atoms with Crippen LogP contribution in [0.1, 0.15) is 43.8 Å². The molecule has 8 nitrogen and oxygen atoms in total. The standard InChI is InChI=1S/C23H17ClN2O6/c1-13(20(27)25-16-7-5-15(24)6-8-16)32-23(30)14-4-9-18-19(11-14)22(29)26(21(18)28)12-17-3-2-10-31-17/h2-11,13H,12H2,1H3,(H,25,27). The highest BCUT2D eigenvalue weighted by molar-refractivity contribution is 6.30. The molecule has 0 saturated heterocycles. The molecule has 2 heterocycles. The summed E-state index contributed by atoms with van der Waals surface area (Å²) in [4.78, 5) is 51.2. The molecule has 9 heteroatoms. The first-order valence-corrected chi connectivity index (χ1v) is 10.0. The van der Waals surface area contributed by atoms with Gasteiger partial charge in [-0.25, -0.2) is 4.79 Å². The second-order valence-electron chi connectivity index (χ2n) is 7.08. The average molecular weight is 453 g/mol. The number of anilines is 1. The minimum Gasteiger partial charge on any atom is -0.467 e. The number of imide groups is 1. The average Bonchev–Trinajstić information content (AvgIpc) is 3.38. The molecule has 4 rings (SSSR count). The van der Waals surface area contributed by atoms with Crippen molar-refractivity contribution < 1.29 is 28.3 Å². The number of fused-ring (bicyclic) bond motifs is 1. The number of ether oxygens (including phenoxy) is 1. The maximum atomic E-state index is 12.7. The molecule has 0 fully saturated rings. The number of carbonyl (C=O) groups excluding carboxylic acids is 4. The van der Waals surface area contributed by atoms with E-state index in [0.717, 1.165) is 4.90 Å². The number of nitrogens with zero attached hydrogens (tertiary/aromatic N) is 1. The first-order valence-electron chi connectivity index (χ1n) is 9.63. The van der Waals surface area contributed by atoms with Crippen LogP contribution in [0.4, 0.5) is 5.69 Å². The van der Waals surface area contributed by atoms with Crippen LogP contribution in [0.3, 0.4) is 0 Å². The van der Waals surface area contributed by atoms with Gasteiger partial charge in [0.25, 0.3) is 17.7 Å². The highest BCUT2D eigenvalue weighted by atomic mass is 35.5. The first-order chi connectivity index (χ1) is 15.3. The number of esters is 1. The molecule has 162 valence electrons. The summed E-state index contributed by atoms with van der Waals surface area (Å²) in [5.41, 5.74) is 0.831. The van der Waals surface area contributed by atoms with Gasteiger partial charge in [-0.15, -0.1) is 0 Å². The Morgan fingerprint density at radius 2 is 1.78 bits per heavy atom. The number of halogens is 1. The van der Waals surface area contributed by atoms with Gasteiger partial charge in [0.15, 0.2) is 6.10 Å². The van der Waals surface area contributed by atoms with Gasteiger partial charge in [0.05, 0.1) is 29.5 Å². The summed E-state index contributed by atoms with van der Waals surface area (Å²) in [7, 11) is 0. The lowest BCUT2D eigenvalue weighted by atomic mass is 10.1. The SMILES string of the molecule is CC(OC(=O)c1ccc2c(c1)C(=O)N(Cc1ccco1)C2=O)C(=O)Nc1ccc(Cl)cc1. The van der Waals surface area contributed by atoms with E-state index in [0.29, 0.717) is 16.5 Å². The van der Waals surface area contributed by atoms with Crippen molar-refractivity contribution in [2.45, 2.75) is 19.6 Å². The molecular formula is C23H17ClN2O6. The molecule has 32 heavy (non-hydrogen) atoms. The van der Waals surface area contributed by atoms with E-state index in [2.05, 4.69) is 5.32 Å². The monoisotopic (exact) mass is 452 g/mol. The highest BCUT2D eigenvalue weighted by Crippen LogP contribution is 2.26. The fourth-order valence-corrected chi connectivity index (χ4v) is 3.30. The lowest BCUT2D eigenvalue weighted by molar-refractivity contribution is -0.123. The van der Waals surface area contributed by atoms with Gasteiger partial charge < -0.3 is 14.5 Å². The molecule has 0 spiro atoms. The van der Waals surface area contributed by atoms with Crippen LogP contribution in [-0.2, 0) is 16.1 Å². The zero-order valence-electron chi connectivity index (χ0n) is 16.8. The zero-order valence-corrected chi connectivity index (χ0v) is 17.6. The molecule has 1 atom stereocenters. The van der Waals surface area contributed by atoms with Crippen LogP contribution in [0.5, 0.6) is 0 Å². The number of furan rings is 1. The summed E-state index contributed by atoms with van der Waals surface area (Å²) in [5.74, 6) is -1.88. The number of rotatable bonds is 6. The van der Waals surface area contributed by atoms with Crippen LogP contribution >= 0.6 is 11.6 Å². The number of nitrogens with one attached hydrogen (secondary N) is 1. The first kappa shape index (κ1) is 21.3. The minimum absolute atomic E-state index is 0.0129. The quantitative estimate of drug-likeness (QED) is 0.449. The van der Waals surface area contributed by atoms with Crippen molar-refractivity contribution in [2.24, 2.45) is 0 Å². The van der Waals surface area contributed by atoms with Gasteiger partial charge >= 0.3 is 5.97 Å². The molecule has 3 aromatic rings. The van der Waals surface area contributed by atoms with Crippen molar-refractivity contribution in [1.29, 1.82) is 0 Å². The Kier molecular flexibility index (Phi) is 5.79. The maximum absolute atomic E-state index is 12.7. The number of hydrogen-bond donors (Lipinski definition) is 1. The third-order valence-electron chi connectivity index (χ3n) is 4.87. The van der Waals surface area contributed by atoms with Gasteiger partial charge in [-0.3, -0.25) is 19.3 Å². The second kappa shape index (κ2) is 8.68. The van der Waals surface area contributed by atoms with E-state index in [1.165, 1.54) is 31.4 Å². The van der Waals surface area contributed by atoms with Gasteiger partial charge in [-0.1, -0.05) is 11.6 Å². The summed E-state index contributed by atoms with van der Waals surface area (Å²) in [5, 5.41) is 3.14. The normalized spacial score (nSPS) is 13.6. The third kappa shape index (κ3) is 4.26. The van der Waals surface area contributed by atoms with Crippen molar-refractivity contribution in [1.82, 2.24) is 4.90 Å². The van der Waals surface area contributed by atoms with Crippen molar-refractivity contribution in [3.05, 3.63) is 88.3 Å². The highest BCUT2D eigenvalue weighted by Gasteiger charge is 2.36. The number of hydrogen-bond acceptors (Lipinski definition) is 6. The zero-order chi connectivity index (χ0) is 22.8. The van der Waals surface area contributed by atoms with Crippen molar-refractivity contribution in [3.8, 4) is 0 Å². The molecule has 1 aliphatic rings. The molecule has 1 N–H and O–H groups in total. The van der Waals surface area contributed by atoms with E-state index in [1.807, 2.05) is 0 Å². The summed E-state index contributed by atoms with van der Waals surface area (Å²) >= 11 is 5.82. The molecule has 2 aromatic carbocycles. The topological polar surface area (TPSA) is 106 Å². The molecule has 0 bridgehead atoms. The summed E-state index contributed by atoms with van der Waals surface area (Å²) in [6.07, 6.45) is 0.352. The number of benzene rings is 2. The van der Waals surface area contributed by atoms with E-state index in [1.54, 1.807) is 36.4 Å². The fourth-order valence-electron chi connectivity index (χ4n) is 3.18. The van der Waals surface area contributed by atoms with E-state index < -0.39 is 29.8 Å². The largest absolute Gasteiger partial charge is 0.467 e. The minimum atomic E-state index is -1.10. The van der Waals surface area contributed by atoms with Gasteiger partial charge in [0.1, 0.15) is 5.76 Å². The summed E-state index contributed by atoms with van der Waals surface area (Å²) in [6.45, 7) is 1.41. The lowest BCUT2D eigenvalue weighted by Gasteiger charge is -2.14. The van der Waals surface area contributed by atoms with Gasteiger partial charge in [-0.2, -0.15) is 0 Å². The molecular weight excluding hydrogens is 436 g/mol.